The Morgan fingerprint density at radius 1 is 0.458 bits per heavy atom. The van der Waals surface area contributed by atoms with Crippen molar-refractivity contribution in [1.29, 1.82) is 0 Å². The number of carbonyl (C=O) groups is 2. The maximum absolute atomic E-state index is 12.4. The lowest BCUT2D eigenvalue weighted by atomic mass is 10.1. The zero-order valence-corrected chi connectivity index (χ0v) is 39.2. The number of hydrogen-bond acceptors (Lipinski definition) is 5. The molecule has 0 fully saturated rings. The number of rotatable bonds is 47. The number of amides is 1. The number of hydrogen-bond donors (Lipinski definition) is 3. The molecule has 0 spiro atoms. The fourth-order valence-electron chi connectivity index (χ4n) is 7.62. The lowest BCUT2D eigenvalue weighted by Crippen LogP contribution is -2.45. The molecule has 6 heteroatoms. The van der Waals surface area contributed by atoms with Crippen molar-refractivity contribution in [3.63, 3.8) is 0 Å². The highest BCUT2D eigenvalue weighted by Gasteiger charge is 2.18. The second-order valence-electron chi connectivity index (χ2n) is 17.5. The molecule has 0 aliphatic carbocycles. The first kappa shape index (κ1) is 57.1. The van der Waals surface area contributed by atoms with E-state index in [-0.39, 0.29) is 18.5 Å². The molecule has 0 aromatic carbocycles. The molecule has 1 amide bonds. The van der Waals surface area contributed by atoms with E-state index in [1.165, 1.54) is 154 Å². The fourth-order valence-corrected chi connectivity index (χ4v) is 7.62. The first-order valence-electron chi connectivity index (χ1n) is 25.8. The van der Waals surface area contributed by atoms with E-state index in [4.69, 9.17) is 4.74 Å². The lowest BCUT2D eigenvalue weighted by molar-refractivity contribution is -0.143. The maximum Gasteiger partial charge on any atom is 0.305 e. The number of allylic oxidation sites excluding steroid dienone is 5. The number of ether oxygens (including phenoxy) is 1. The summed E-state index contributed by atoms with van der Waals surface area (Å²) in [6, 6.07) is -0.646. The largest absolute Gasteiger partial charge is 0.466 e. The number of nitrogens with one attached hydrogen (secondary N) is 1. The van der Waals surface area contributed by atoms with Crippen LogP contribution in [0.1, 0.15) is 264 Å². The topological polar surface area (TPSA) is 95.9 Å². The second kappa shape index (κ2) is 48.7. The SMILES string of the molecule is CCCCCCCCC/C=C\CCCCCCCCCC(=O)OCCCCC/C=C\CCCCCCCC(=O)NC(CO)C(O)/C=C/CCCCCCCCCCCC. The van der Waals surface area contributed by atoms with Gasteiger partial charge in [0.15, 0.2) is 0 Å². The van der Waals surface area contributed by atoms with Gasteiger partial charge in [-0.05, 0) is 89.9 Å². The molecular formula is C53H99NO5. The Bertz CT molecular complexity index is 962. The minimum atomic E-state index is -0.860. The summed E-state index contributed by atoms with van der Waals surface area (Å²) in [5, 5.41) is 23.0. The number of esters is 1. The molecule has 0 aromatic rings. The van der Waals surface area contributed by atoms with Crippen LogP contribution in [0.2, 0.25) is 0 Å². The van der Waals surface area contributed by atoms with E-state index in [9.17, 15) is 19.8 Å². The molecule has 59 heavy (non-hydrogen) atoms. The molecule has 0 aliphatic rings. The standard InChI is InChI=1S/C53H99NO5/c1-3-5-7-9-11-13-15-17-18-19-20-21-22-27-31-35-39-43-47-53(58)59-48-44-40-36-32-28-24-23-26-30-34-38-42-46-52(57)54-50(49-55)51(56)45-41-37-33-29-25-16-14-12-10-8-6-4-2/h18-19,24,28,41,45,50-51,55-56H,3-17,20-23,25-27,29-40,42-44,46-49H2,1-2H3,(H,54,57)/b19-18-,28-24-,45-41+. The van der Waals surface area contributed by atoms with E-state index in [2.05, 4.69) is 43.5 Å². The van der Waals surface area contributed by atoms with Crippen LogP contribution >= 0.6 is 0 Å². The van der Waals surface area contributed by atoms with Crippen LogP contribution in [0.4, 0.5) is 0 Å². The summed E-state index contributed by atoms with van der Waals surface area (Å²) in [4.78, 5) is 24.4. The van der Waals surface area contributed by atoms with Crippen molar-refractivity contribution >= 4 is 11.9 Å². The van der Waals surface area contributed by atoms with Crippen molar-refractivity contribution in [1.82, 2.24) is 5.32 Å². The van der Waals surface area contributed by atoms with Gasteiger partial charge >= 0.3 is 5.97 Å². The van der Waals surface area contributed by atoms with Crippen LogP contribution in [0, 0.1) is 0 Å². The van der Waals surface area contributed by atoms with Gasteiger partial charge in [-0.1, -0.05) is 198 Å². The van der Waals surface area contributed by atoms with Crippen molar-refractivity contribution in [2.45, 2.75) is 276 Å². The van der Waals surface area contributed by atoms with Gasteiger partial charge in [0, 0.05) is 12.8 Å². The van der Waals surface area contributed by atoms with Crippen LogP contribution in [-0.4, -0.2) is 47.4 Å². The van der Waals surface area contributed by atoms with E-state index >= 15 is 0 Å². The zero-order valence-electron chi connectivity index (χ0n) is 39.2. The van der Waals surface area contributed by atoms with Gasteiger partial charge in [-0.15, -0.1) is 0 Å². The third kappa shape index (κ3) is 45.4. The number of carbonyl (C=O) groups excluding carboxylic acids is 2. The summed E-state index contributed by atoms with van der Waals surface area (Å²) < 4.78 is 5.45. The first-order valence-corrected chi connectivity index (χ1v) is 25.8. The molecule has 2 unspecified atom stereocenters. The molecule has 0 rings (SSSR count). The maximum atomic E-state index is 12.4. The molecule has 6 nitrogen and oxygen atoms in total. The molecule has 346 valence electrons. The summed E-state index contributed by atoms with van der Waals surface area (Å²) in [6.07, 6.45) is 58.6. The summed E-state index contributed by atoms with van der Waals surface area (Å²) in [6.45, 7) is 4.82. The van der Waals surface area contributed by atoms with Crippen LogP contribution in [0.25, 0.3) is 0 Å². The molecule has 0 saturated heterocycles. The predicted octanol–water partition coefficient (Wildman–Crippen LogP) is 15.3. The highest BCUT2D eigenvalue weighted by Crippen LogP contribution is 2.14. The molecule has 0 saturated carbocycles. The molecule has 0 aliphatic heterocycles. The van der Waals surface area contributed by atoms with E-state index in [1.54, 1.807) is 6.08 Å². The normalized spacial score (nSPS) is 12.9. The number of aliphatic hydroxyl groups is 2. The van der Waals surface area contributed by atoms with Crippen molar-refractivity contribution in [3.8, 4) is 0 Å². The third-order valence-electron chi connectivity index (χ3n) is 11.6. The molecule has 0 heterocycles. The van der Waals surface area contributed by atoms with Gasteiger partial charge in [0.25, 0.3) is 0 Å². The van der Waals surface area contributed by atoms with Gasteiger partial charge < -0.3 is 20.3 Å². The van der Waals surface area contributed by atoms with E-state index in [1.807, 2.05) is 6.08 Å². The molecule has 0 radical (unpaired) electrons. The lowest BCUT2D eigenvalue weighted by Gasteiger charge is -2.20. The Labute approximate surface area is 366 Å². The molecule has 0 aromatic heterocycles. The summed E-state index contributed by atoms with van der Waals surface area (Å²) >= 11 is 0. The molecule has 2 atom stereocenters. The Kier molecular flexibility index (Phi) is 47.2. The highest BCUT2D eigenvalue weighted by atomic mass is 16.5. The second-order valence-corrected chi connectivity index (χ2v) is 17.5. The molecular weight excluding hydrogens is 731 g/mol. The predicted molar refractivity (Wildman–Crippen MR) is 255 cm³/mol. The van der Waals surface area contributed by atoms with Gasteiger partial charge in [0.1, 0.15) is 0 Å². The van der Waals surface area contributed by atoms with Gasteiger partial charge in [0.2, 0.25) is 5.91 Å². The van der Waals surface area contributed by atoms with Crippen LogP contribution < -0.4 is 5.32 Å². The minimum absolute atomic E-state index is 0.0281. The van der Waals surface area contributed by atoms with Gasteiger partial charge in [-0.2, -0.15) is 0 Å². The number of aliphatic hydroxyl groups excluding tert-OH is 2. The van der Waals surface area contributed by atoms with E-state index in [0.29, 0.717) is 19.4 Å². The summed E-state index contributed by atoms with van der Waals surface area (Å²) in [5.74, 6) is -0.124. The third-order valence-corrected chi connectivity index (χ3v) is 11.6. The Morgan fingerprint density at radius 3 is 1.20 bits per heavy atom. The van der Waals surface area contributed by atoms with Crippen molar-refractivity contribution in [2.75, 3.05) is 13.2 Å². The fraction of sp³-hybridized carbons (Fsp3) is 0.849. The monoisotopic (exact) mass is 830 g/mol. The molecule has 0 bridgehead atoms. The summed E-state index contributed by atoms with van der Waals surface area (Å²) in [7, 11) is 0. The average molecular weight is 830 g/mol. The number of unbranched alkanes of at least 4 members (excludes halogenated alkanes) is 32. The van der Waals surface area contributed by atoms with Gasteiger partial charge in [0.05, 0.1) is 25.4 Å². The van der Waals surface area contributed by atoms with Gasteiger partial charge in [-0.3, -0.25) is 9.59 Å². The Morgan fingerprint density at radius 2 is 0.797 bits per heavy atom. The Hall–Kier alpha value is -1.92. The minimum Gasteiger partial charge on any atom is -0.466 e. The summed E-state index contributed by atoms with van der Waals surface area (Å²) in [5.41, 5.74) is 0. The van der Waals surface area contributed by atoms with Crippen LogP contribution in [0.15, 0.2) is 36.5 Å². The average Bonchev–Trinajstić information content (AvgIpc) is 3.24. The van der Waals surface area contributed by atoms with Crippen LogP contribution in [0.5, 0.6) is 0 Å². The van der Waals surface area contributed by atoms with Crippen LogP contribution in [-0.2, 0) is 14.3 Å². The van der Waals surface area contributed by atoms with Crippen LogP contribution in [0.3, 0.4) is 0 Å². The quantitative estimate of drug-likeness (QED) is 0.0323. The highest BCUT2D eigenvalue weighted by molar-refractivity contribution is 5.76. The van der Waals surface area contributed by atoms with E-state index < -0.39 is 12.1 Å². The van der Waals surface area contributed by atoms with Crippen molar-refractivity contribution in [3.05, 3.63) is 36.5 Å². The van der Waals surface area contributed by atoms with Gasteiger partial charge in [-0.25, -0.2) is 0 Å². The smallest absolute Gasteiger partial charge is 0.305 e. The Balaban J connectivity index is 3.52. The van der Waals surface area contributed by atoms with Crippen molar-refractivity contribution < 1.29 is 24.5 Å². The van der Waals surface area contributed by atoms with E-state index in [0.717, 1.165) is 83.5 Å². The van der Waals surface area contributed by atoms with Crippen molar-refractivity contribution in [2.24, 2.45) is 0 Å². The first-order chi connectivity index (χ1) is 29.0. The molecule has 3 N–H and O–H groups in total. The zero-order chi connectivity index (χ0) is 43.0.